The second kappa shape index (κ2) is 9.64. The molecule has 0 unspecified atom stereocenters. The molecule has 0 fully saturated rings. The first kappa shape index (κ1) is 21.8. The third-order valence-corrected chi connectivity index (χ3v) is 5.09. The minimum Gasteiger partial charge on any atom is -0.463 e. The van der Waals surface area contributed by atoms with Gasteiger partial charge in [0.15, 0.2) is 0 Å². The summed E-state index contributed by atoms with van der Waals surface area (Å²) in [5.74, 6) is -1.92. The number of halogens is 1. The molecule has 0 spiro atoms. The Morgan fingerprint density at radius 1 is 1.32 bits per heavy atom. The molecule has 0 heterocycles. The Bertz CT molecular complexity index is 819. The Morgan fingerprint density at radius 2 is 2.04 bits per heavy atom. The van der Waals surface area contributed by atoms with Crippen molar-refractivity contribution >= 4 is 27.9 Å². The maximum Gasteiger partial charge on any atom is 0.334 e. The molecule has 1 aliphatic rings. The van der Waals surface area contributed by atoms with Gasteiger partial charge in [-0.1, -0.05) is 40.2 Å². The van der Waals surface area contributed by atoms with Gasteiger partial charge >= 0.3 is 11.9 Å². The van der Waals surface area contributed by atoms with Crippen molar-refractivity contribution in [2.45, 2.75) is 38.1 Å². The maximum atomic E-state index is 12.5. The first-order chi connectivity index (χ1) is 13.4. The van der Waals surface area contributed by atoms with Crippen LogP contribution in [0.3, 0.4) is 0 Å². The highest BCUT2D eigenvalue weighted by atomic mass is 79.9. The van der Waals surface area contributed by atoms with Gasteiger partial charge in [-0.2, -0.15) is 0 Å². The van der Waals surface area contributed by atoms with Crippen LogP contribution in [-0.2, 0) is 19.1 Å². The van der Waals surface area contributed by atoms with Gasteiger partial charge in [0.05, 0.1) is 19.1 Å². The Kier molecular flexibility index (Phi) is 7.51. The number of hydrogen-bond acceptors (Lipinski definition) is 6. The van der Waals surface area contributed by atoms with Crippen LogP contribution in [0.2, 0.25) is 0 Å². The van der Waals surface area contributed by atoms with E-state index in [4.69, 9.17) is 9.47 Å². The molecule has 8 heteroatoms. The molecule has 1 aromatic rings. The van der Waals surface area contributed by atoms with Crippen molar-refractivity contribution in [2.75, 3.05) is 13.2 Å². The van der Waals surface area contributed by atoms with Crippen molar-refractivity contribution in [1.82, 2.24) is 0 Å². The number of rotatable bonds is 8. The highest BCUT2D eigenvalue weighted by molar-refractivity contribution is 9.10. The summed E-state index contributed by atoms with van der Waals surface area (Å²) in [5, 5.41) is 12.2. The minimum atomic E-state index is -1.49. The molecule has 1 aromatic carbocycles. The van der Waals surface area contributed by atoms with Gasteiger partial charge in [-0.25, -0.2) is 9.59 Å². The Morgan fingerprint density at radius 3 is 2.64 bits per heavy atom. The van der Waals surface area contributed by atoms with E-state index in [1.165, 1.54) is 12.2 Å². The van der Waals surface area contributed by atoms with E-state index in [0.717, 1.165) is 4.47 Å². The van der Waals surface area contributed by atoms with Gasteiger partial charge in [-0.05, 0) is 31.5 Å². The topological polar surface area (TPSA) is 95.7 Å². The molecule has 2 rings (SSSR count). The molecule has 0 radical (unpaired) electrons. The monoisotopic (exact) mass is 451 g/mol. The third-order valence-electron chi connectivity index (χ3n) is 4.59. The van der Waals surface area contributed by atoms with Gasteiger partial charge in [-0.15, -0.1) is 0 Å². The second-order valence-electron chi connectivity index (χ2n) is 6.29. The van der Waals surface area contributed by atoms with Crippen LogP contribution in [0, 0.1) is 10.1 Å². The van der Waals surface area contributed by atoms with Crippen molar-refractivity contribution in [2.24, 2.45) is 0 Å². The van der Waals surface area contributed by atoms with Crippen molar-refractivity contribution < 1.29 is 24.0 Å². The number of carbonyl (C=O) groups excluding carboxylic acids is 2. The van der Waals surface area contributed by atoms with Gasteiger partial charge in [-0.3, -0.25) is 10.1 Å². The standard InChI is InChI=1S/C20H22BrNO6/c1-3-27-17(23)9-6-11-20(22(25)26)12-10-16(19(24)28-4-2)18(20)14-7-5-8-15(21)13-14/h5-10,13,18H,3-4,11-12H2,1-2H3/b9-6+/t18-,20+/m1/s1. The largest absolute Gasteiger partial charge is 0.463 e. The van der Waals surface area contributed by atoms with Crippen LogP contribution in [0.4, 0.5) is 0 Å². The predicted molar refractivity (Wildman–Crippen MR) is 106 cm³/mol. The molecule has 1 aliphatic carbocycles. The maximum absolute atomic E-state index is 12.5. The Hall–Kier alpha value is -2.48. The normalized spacial score (nSPS) is 21.4. The van der Waals surface area contributed by atoms with Gasteiger partial charge in [0.2, 0.25) is 5.54 Å². The van der Waals surface area contributed by atoms with Crippen LogP contribution in [0.25, 0.3) is 0 Å². The number of nitro groups is 1. The lowest BCUT2D eigenvalue weighted by molar-refractivity contribution is -0.570. The van der Waals surface area contributed by atoms with E-state index in [1.54, 1.807) is 44.2 Å². The molecule has 0 saturated carbocycles. The summed E-state index contributed by atoms with van der Waals surface area (Å²) in [7, 11) is 0. The third kappa shape index (κ3) is 4.67. The van der Waals surface area contributed by atoms with Crippen LogP contribution < -0.4 is 0 Å². The molecule has 150 valence electrons. The lowest BCUT2D eigenvalue weighted by atomic mass is 9.76. The average Bonchev–Trinajstić information content (AvgIpc) is 3.03. The van der Waals surface area contributed by atoms with E-state index < -0.39 is 23.4 Å². The molecular weight excluding hydrogens is 430 g/mol. The van der Waals surface area contributed by atoms with Crippen LogP contribution in [0.15, 0.2) is 52.5 Å². The first-order valence-corrected chi connectivity index (χ1v) is 9.75. The zero-order valence-electron chi connectivity index (χ0n) is 15.7. The molecule has 2 atom stereocenters. The number of ether oxygens (including phenoxy) is 2. The quantitative estimate of drug-likeness (QED) is 0.257. The lowest BCUT2D eigenvalue weighted by Gasteiger charge is -2.28. The summed E-state index contributed by atoms with van der Waals surface area (Å²) in [4.78, 5) is 35.9. The average molecular weight is 452 g/mol. The molecule has 7 nitrogen and oxygen atoms in total. The second-order valence-corrected chi connectivity index (χ2v) is 7.21. The summed E-state index contributed by atoms with van der Waals surface area (Å²) in [6, 6.07) is 7.08. The van der Waals surface area contributed by atoms with E-state index >= 15 is 0 Å². The Balaban J connectivity index is 2.46. The number of nitrogens with zero attached hydrogens (tertiary/aromatic N) is 1. The van der Waals surface area contributed by atoms with Crippen molar-refractivity contribution in [3.8, 4) is 0 Å². The smallest absolute Gasteiger partial charge is 0.334 e. The Labute approximate surface area is 171 Å². The van der Waals surface area contributed by atoms with E-state index in [-0.39, 0.29) is 36.6 Å². The fourth-order valence-electron chi connectivity index (χ4n) is 3.41. The van der Waals surface area contributed by atoms with E-state index in [1.807, 2.05) is 0 Å². The molecule has 0 aliphatic heterocycles. The molecule has 28 heavy (non-hydrogen) atoms. The molecule has 0 saturated heterocycles. The van der Waals surface area contributed by atoms with E-state index in [0.29, 0.717) is 5.56 Å². The van der Waals surface area contributed by atoms with Crippen LogP contribution in [-0.4, -0.2) is 35.6 Å². The van der Waals surface area contributed by atoms with E-state index in [9.17, 15) is 19.7 Å². The zero-order chi connectivity index (χ0) is 20.7. The highest BCUT2D eigenvalue weighted by Gasteiger charge is 2.56. The summed E-state index contributed by atoms with van der Waals surface area (Å²) < 4.78 is 10.7. The van der Waals surface area contributed by atoms with Crippen LogP contribution >= 0.6 is 15.9 Å². The van der Waals surface area contributed by atoms with Gasteiger partial charge in [0.1, 0.15) is 0 Å². The van der Waals surface area contributed by atoms with Gasteiger partial charge in [0, 0.05) is 33.9 Å². The lowest BCUT2D eigenvalue weighted by Crippen LogP contribution is -2.42. The van der Waals surface area contributed by atoms with Crippen molar-refractivity contribution in [3.63, 3.8) is 0 Å². The van der Waals surface area contributed by atoms with Crippen LogP contribution in [0.5, 0.6) is 0 Å². The first-order valence-electron chi connectivity index (χ1n) is 8.96. The summed E-state index contributed by atoms with van der Waals surface area (Å²) >= 11 is 3.38. The summed E-state index contributed by atoms with van der Waals surface area (Å²) in [6.45, 7) is 3.76. The molecular formula is C20H22BrNO6. The molecule has 0 bridgehead atoms. The van der Waals surface area contributed by atoms with Crippen LogP contribution in [0.1, 0.15) is 38.2 Å². The highest BCUT2D eigenvalue weighted by Crippen LogP contribution is 2.48. The van der Waals surface area contributed by atoms with Crippen molar-refractivity contribution in [1.29, 1.82) is 0 Å². The predicted octanol–water partition coefficient (Wildman–Crippen LogP) is 3.95. The molecule has 0 amide bonds. The molecule has 0 aromatic heterocycles. The van der Waals surface area contributed by atoms with Crippen molar-refractivity contribution in [3.05, 3.63) is 68.2 Å². The number of carbonyl (C=O) groups is 2. The number of esters is 2. The fraction of sp³-hybridized carbons (Fsp3) is 0.400. The number of hydrogen-bond donors (Lipinski definition) is 0. The summed E-state index contributed by atoms with van der Waals surface area (Å²) in [6.07, 6.45) is 4.22. The molecule has 0 N–H and O–H groups in total. The number of benzene rings is 1. The minimum absolute atomic E-state index is 0.0323. The van der Waals surface area contributed by atoms with E-state index in [2.05, 4.69) is 15.9 Å². The fourth-order valence-corrected chi connectivity index (χ4v) is 3.83. The van der Waals surface area contributed by atoms with Gasteiger partial charge < -0.3 is 9.47 Å². The van der Waals surface area contributed by atoms with Gasteiger partial charge in [0.25, 0.3) is 0 Å². The zero-order valence-corrected chi connectivity index (χ0v) is 17.3. The summed E-state index contributed by atoms with van der Waals surface area (Å²) in [5.41, 5.74) is -0.597. The SMILES string of the molecule is CCOC(=O)/C=C/C[C@]1([N+](=O)[O-])CC=C(C(=O)OCC)[C@H]1c1cccc(Br)c1.